The van der Waals surface area contributed by atoms with E-state index in [9.17, 15) is 9.90 Å². The number of ether oxygens (including phenoxy) is 1. The lowest BCUT2D eigenvalue weighted by molar-refractivity contribution is -0.143. The first-order valence-corrected chi connectivity index (χ1v) is 12.6. The molecule has 0 saturated heterocycles. The van der Waals surface area contributed by atoms with Crippen LogP contribution >= 0.6 is 17.0 Å². The highest BCUT2D eigenvalue weighted by atomic mass is 79.9. The molecule has 0 spiro atoms. The predicted molar refractivity (Wildman–Crippen MR) is 135 cm³/mol. The monoisotopic (exact) mass is 493 g/mol. The van der Waals surface area contributed by atoms with Crippen LogP contribution in [0.1, 0.15) is 123 Å². The van der Waals surface area contributed by atoms with Gasteiger partial charge in [-0.05, 0) is 33.4 Å². The molecule has 0 amide bonds. The van der Waals surface area contributed by atoms with Gasteiger partial charge < -0.3 is 14.7 Å². The molecule has 1 atom stereocenters. The molecule has 0 saturated carbocycles. The van der Waals surface area contributed by atoms with E-state index in [1.54, 1.807) is 0 Å². The van der Waals surface area contributed by atoms with Crippen LogP contribution < -0.4 is 0 Å². The maximum atomic E-state index is 11.3. The summed E-state index contributed by atoms with van der Waals surface area (Å²) in [4.78, 5) is 13.4. The zero-order valence-electron chi connectivity index (χ0n) is 20.3. The van der Waals surface area contributed by atoms with Crippen molar-refractivity contribution >= 4 is 23.0 Å². The third kappa shape index (κ3) is 24.1. The van der Waals surface area contributed by atoms with Gasteiger partial charge in [0.25, 0.3) is 0 Å². The molecule has 30 heavy (non-hydrogen) atoms. The Balaban J connectivity index is 0. The average Bonchev–Trinajstić information content (AvgIpc) is 2.68. The second-order valence-corrected chi connectivity index (χ2v) is 8.71. The first-order valence-electron chi connectivity index (χ1n) is 12.6. The number of hydrogen-bond donors (Lipinski definition) is 1. The molecule has 0 radical (unpaired) electrons. The fourth-order valence-electron chi connectivity index (χ4n) is 3.84. The maximum Gasteiger partial charge on any atom is 0.305 e. The van der Waals surface area contributed by atoms with Gasteiger partial charge in [0.2, 0.25) is 0 Å². The lowest BCUT2D eigenvalue weighted by Gasteiger charge is -2.20. The average molecular weight is 495 g/mol. The number of unbranched alkanes of at least 4 members (excludes halogenated alkanes) is 13. The number of esters is 1. The van der Waals surface area contributed by atoms with Gasteiger partial charge in [0.1, 0.15) is 0 Å². The number of rotatable bonds is 22. The van der Waals surface area contributed by atoms with E-state index < -0.39 is 0 Å². The zero-order valence-corrected chi connectivity index (χ0v) is 22.1. The number of aliphatic hydroxyl groups is 1. The van der Waals surface area contributed by atoms with E-state index in [0.29, 0.717) is 19.6 Å². The lowest BCUT2D eigenvalue weighted by atomic mass is 10.0. The summed E-state index contributed by atoms with van der Waals surface area (Å²) in [5.74, 6) is -0.121. The highest BCUT2D eigenvalue weighted by Crippen LogP contribution is 2.14. The number of nitrogens with zero attached hydrogens (tertiary/aromatic N) is 1. The Morgan fingerprint density at radius 3 is 1.73 bits per heavy atom. The highest BCUT2D eigenvalue weighted by molar-refractivity contribution is 8.93. The van der Waals surface area contributed by atoms with Crippen LogP contribution in [0.2, 0.25) is 0 Å². The van der Waals surface area contributed by atoms with Crippen LogP contribution in [0.3, 0.4) is 0 Å². The van der Waals surface area contributed by atoms with Gasteiger partial charge in [0, 0.05) is 13.0 Å². The van der Waals surface area contributed by atoms with E-state index >= 15 is 0 Å². The van der Waals surface area contributed by atoms with Gasteiger partial charge in [0.05, 0.1) is 12.7 Å². The fraction of sp³-hybridized carbons (Fsp3) is 0.960. The van der Waals surface area contributed by atoms with Crippen LogP contribution in [0.15, 0.2) is 0 Å². The standard InChI is InChI=1S/C25H51NO3.BrH/c1-4-6-7-8-9-10-11-12-13-14-15-16-17-18-20-24(27)23-26(3)22-19-21-25(28)29-5-2;/h24,27H,4-23H2,1-3H3;1H. The molecule has 0 aromatic rings. The number of likely N-dealkylation sites (N-methyl/N-ethyl adjacent to an activating group) is 1. The van der Waals surface area contributed by atoms with Crippen molar-refractivity contribution in [3.8, 4) is 0 Å². The van der Waals surface area contributed by atoms with Crippen LogP contribution in [-0.2, 0) is 9.53 Å². The van der Waals surface area contributed by atoms with Crippen molar-refractivity contribution < 1.29 is 14.6 Å². The van der Waals surface area contributed by atoms with Crippen LogP contribution in [0.25, 0.3) is 0 Å². The summed E-state index contributed by atoms with van der Waals surface area (Å²) in [5, 5.41) is 10.2. The van der Waals surface area contributed by atoms with E-state index in [1.165, 1.54) is 83.5 Å². The van der Waals surface area contributed by atoms with Crippen molar-refractivity contribution in [1.82, 2.24) is 4.90 Å². The molecule has 0 aliphatic carbocycles. The van der Waals surface area contributed by atoms with Crippen molar-refractivity contribution in [1.29, 1.82) is 0 Å². The lowest BCUT2D eigenvalue weighted by Crippen LogP contribution is -2.30. The molecule has 0 heterocycles. The Bertz CT molecular complexity index is 355. The summed E-state index contributed by atoms with van der Waals surface area (Å²) in [6.07, 6.45) is 21.0. The predicted octanol–water partition coefficient (Wildman–Crippen LogP) is 7.07. The number of carbonyl (C=O) groups excluding carboxylic acids is 1. The molecule has 0 aromatic carbocycles. The normalized spacial score (nSPS) is 12.0. The van der Waals surface area contributed by atoms with Gasteiger partial charge in [-0.1, -0.05) is 96.8 Å². The second-order valence-electron chi connectivity index (χ2n) is 8.71. The van der Waals surface area contributed by atoms with E-state index in [2.05, 4.69) is 11.8 Å². The van der Waals surface area contributed by atoms with Crippen molar-refractivity contribution in [2.75, 3.05) is 26.7 Å². The summed E-state index contributed by atoms with van der Waals surface area (Å²) in [7, 11) is 2.01. The molecular formula is C25H52BrNO3. The van der Waals surface area contributed by atoms with Crippen LogP contribution in [-0.4, -0.2) is 48.8 Å². The maximum absolute atomic E-state index is 11.3. The molecule has 182 valence electrons. The minimum absolute atomic E-state index is 0. The van der Waals surface area contributed by atoms with Crippen molar-refractivity contribution in [2.45, 2.75) is 129 Å². The highest BCUT2D eigenvalue weighted by Gasteiger charge is 2.09. The molecule has 0 bridgehead atoms. The molecule has 0 rings (SSSR count). The molecular weight excluding hydrogens is 442 g/mol. The Hall–Kier alpha value is -0.130. The van der Waals surface area contributed by atoms with Gasteiger partial charge in [-0.15, -0.1) is 17.0 Å². The summed E-state index contributed by atoms with van der Waals surface area (Å²) < 4.78 is 4.93. The third-order valence-electron chi connectivity index (χ3n) is 5.64. The molecule has 0 aromatic heterocycles. The van der Waals surface area contributed by atoms with Crippen molar-refractivity contribution in [3.63, 3.8) is 0 Å². The van der Waals surface area contributed by atoms with E-state index in [0.717, 1.165) is 25.8 Å². The summed E-state index contributed by atoms with van der Waals surface area (Å²) >= 11 is 0. The van der Waals surface area contributed by atoms with Gasteiger partial charge in [0.15, 0.2) is 0 Å². The minimum Gasteiger partial charge on any atom is -0.466 e. The topological polar surface area (TPSA) is 49.8 Å². The zero-order chi connectivity index (χ0) is 21.6. The van der Waals surface area contributed by atoms with Gasteiger partial charge in [-0.2, -0.15) is 0 Å². The summed E-state index contributed by atoms with van der Waals surface area (Å²) in [5.41, 5.74) is 0. The molecule has 0 aliphatic heterocycles. The van der Waals surface area contributed by atoms with E-state index in [1.807, 2.05) is 14.0 Å². The quantitative estimate of drug-likeness (QED) is 0.129. The number of hydrogen-bond acceptors (Lipinski definition) is 4. The molecule has 4 nitrogen and oxygen atoms in total. The molecule has 1 N–H and O–H groups in total. The Labute approximate surface area is 198 Å². The Kier molecular flexibility index (Phi) is 26.9. The molecule has 0 aliphatic rings. The smallest absolute Gasteiger partial charge is 0.305 e. The number of aliphatic hydroxyl groups excluding tert-OH is 1. The van der Waals surface area contributed by atoms with Crippen molar-refractivity contribution in [3.05, 3.63) is 0 Å². The Morgan fingerprint density at radius 2 is 1.27 bits per heavy atom. The summed E-state index contributed by atoms with van der Waals surface area (Å²) in [6, 6.07) is 0. The number of carbonyl (C=O) groups is 1. The minimum atomic E-state index is -0.250. The first kappa shape index (κ1) is 32.1. The fourth-order valence-corrected chi connectivity index (χ4v) is 3.84. The molecule has 1 unspecified atom stereocenters. The first-order chi connectivity index (χ1) is 14.1. The third-order valence-corrected chi connectivity index (χ3v) is 5.64. The van der Waals surface area contributed by atoms with Gasteiger partial charge >= 0.3 is 5.97 Å². The van der Waals surface area contributed by atoms with Crippen LogP contribution in [0.4, 0.5) is 0 Å². The van der Waals surface area contributed by atoms with Crippen LogP contribution in [0.5, 0.6) is 0 Å². The molecule has 5 heteroatoms. The van der Waals surface area contributed by atoms with Crippen LogP contribution in [0, 0.1) is 0 Å². The Morgan fingerprint density at radius 1 is 0.800 bits per heavy atom. The summed E-state index contributed by atoms with van der Waals surface area (Å²) in [6.45, 7) is 6.08. The van der Waals surface area contributed by atoms with Gasteiger partial charge in [-0.3, -0.25) is 4.79 Å². The van der Waals surface area contributed by atoms with Gasteiger partial charge in [-0.25, -0.2) is 0 Å². The SMILES string of the molecule is Br.CCCCCCCCCCCCCCCCC(O)CN(C)CCCC(=O)OCC. The largest absolute Gasteiger partial charge is 0.466 e. The second kappa shape index (κ2) is 25.1. The van der Waals surface area contributed by atoms with E-state index in [-0.39, 0.29) is 29.1 Å². The molecule has 0 fully saturated rings. The number of halogens is 1. The van der Waals surface area contributed by atoms with Crippen molar-refractivity contribution in [2.24, 2.45) is 0 Å². The van der Waals surface area contributed by atoms with E-state index in [4.69, 9.17) is 4.74 Å².